The van der Waals surface area contributed by atoms with Crippen LogP contribution in [0.4, 0.5) is 8.78 Å². The van der Waals surface area contributed by atoms with Gasteiger partial charge in [-0.3, -0.25) is 0 Å². The number of rotatable bonds is 3. The number of hydrogen-bond donors (Lipinski definition) is 0. The molecule has 0 saturated heterocycles. The molecular weight excluding hydrogens is 274 g/mol. The molecule has 2 aromatic rings. The second-order valence-electron chi connectivity index (χ2n) is 3.95. The van der Waals surface area contributed by atoms with Crippen LogP contribution in [0.1, 0.15) is 0 Å². The lowest BCUT2D eigenvalue weighted by Crippen LogP contribution is -1.97. The SMILES string of the molecule is CS(=O)(=O)c1cccc(Oc2cc(F)cc(F)c2)c1. The van der Waals surface area contributed by atoms with E-state index in [9.17, 15) is 17.2 Å². The lowest BCUT2D eigenvalue weighted by Gasteiger charge is -2.07. The quantitative estimate of drug-likeness (QED) is 0.869. The van der Waals surface area contributed by atoms with Crippen molar-refractivity contribution in [2.24, 2.45) is 0 Å². The fraction of sp³-hybridized carbons (Fsp3) is 0.0769. The van der Waals surface area contributed by atoms with E-state index in [1.165, 1.54) is 24.3 Å². The van der Waals surface area contributed by atoms with Gasteiger partial charge in [-0.2, -0.15) is 0 Å². The van der Waals surface area contributed by atoms with Crippen molar-refractivity contribution in [3.05, 3.63) is 54.1 Å². The normalized spacial score (nSPS) is 11.3. The number of hydrogen-bond acceptors (Lipinski definition) is 3. The Labute approximate surface area is 109 Å². The first kappa shape index (κ1) is 13.5. The van der Waals surface area contributed by atoms with Crippen LogP contribution >= 0.6 is 0 Å². The van der Waals surface area contributed by atoms with Gasteiger partial charge in [0.15, 0.2) is 9.84 Å². The zero-order valence-electron chi connectivity index (χ0n) is 9.93. The van der Waals surface area contributed by atoms with Crippen molar-refractivity contribution in [2.75, 3.05) is 6.26 Å². The molecule has 0 fully saturated rings. The smallest absolute Gasteiger partial charge is 0.175 e. The number of sulfone groups is 1. The first-order chi connectivity index (χ1) is 8.84. The lowest BCUT2D eigenvalue weighted by molar-refractivity contribution is 0.466. The molecule has 0 saturated carbocycles. The molecule has 19 heavy (non-hydrogen) atoms. The molecule has 0 bridgehead atoms. The predicted octanol–water partition coefficient (Wildman–Crippen LogP) is 3.16. The minimum atomic E-state index is -3.36. The second-order valence-corrected chi connectivity index (χ2v) is 5.97. The monoisotopic (exact) mass is 284 g/mol. The van der Waals surface area contributed by atoms with Crippen LogP contribution in [0, 0.1) is 11.6 Å². The standard InChI is InChI=1S/C13H10F2O3S/c1-19(16,17)13-4-2-3-11(8-13)18-12-6-9(14)5-10(15)7-12/h2-8H,1H3. The Morgan fingerprint density at radius 3 is 2.16 bits per heavy atom. The van der Waals surface area contributed by atoms with Gasteiger partial charge in [0.2, 0.25) is 0 Å². The minimum Gasteiger partial charge on any atom is -0.457 e. The molecule has 2 aromatic carbocycles. The van der Waals surface area contributed by atoms with Gasteiger partial charge >= 0.3 is 0 Å². The van der Waals surface area contributed by atoms with E-state index in [1.807, 2.05) is 0 Å². The van der Waals surface area contributed by atoms with Gasteiger partial charge in [0, 0.05) is 24.5 Å². The fourth-order valence-corrected chi connectivity index (χ4v) is 2.15. The largest absolute Gasteiger partial charge is 0.457 e. The van der Waals surface area contributed by atoms with Crippen molar-refractivity contribution in [1.82, 2.24) is 0 Å². The van der Waals surface area contributed by atoms with Crippen LogP contribution in [0.5, 0.6) is 11.5 Å². The average molecular weight is 284 g/mol. The molecule has 100 valence electrons. The van der Waals surface area contributed by atoms with E-state index >= 15 is 0 Å². The van der Waals surface area contributed by atoms with Gasteiger partial charge in [-0.15, -0.1) is 0 Å². The number of halogens is 2. The van der Waals surface area contributed by atoms with E-state index in [4.69, 9.17) is 4.74 Å². The third kappa shape index (κ3) is 3.51. The summed E-state index contributed by atoms with van der Waals surface area (Å²) in [6, 6.07) is 8.43. The van der Waals surface area contributed by atoms with E-state index in [0.717, 1.165) is 24.5 Å². The first-order valence-corrected chi connectivity index (χ1v) is 7.18. The summed E-state index contributed by atoms with van der Waals surface area (Å²) >= 11 is 0. The minimum absolute atomic E-state index is 0.0387. The highest BCUT2D eigenvalue weighted by molar-refractivity contribution is 7.90. The maximum Gasteiger partial charge on any atom is 0.175 e. The molecule has 0 aliphatic carbocycles. The van der Waals surface area contributed by atoms with Crippen molar-refractivity contribution in [2.45, 2.75) is 4.90 Å². The Morgan fingerprint density at radius 1 is 0.947 bits per heavy atom. The van der Waals surface area contributed by atoms with Gasteiger partial charge in [0.25, 0.3) is 0 Å². The Bertz CT molecular complexity index is 691. The lowest BCUT2D eigenvalue weighted by atomic mass is 10.3. The van der Waals surface area contributed by atoms with Crippen LogP contribution < -0.4 is 4.74 Å². The third-order valence-electron chi connectivity index (χ3n) is 2.31. The summed E-state index contributed by atoms with van der Waals surface area (Å²) in [6.07, 6.45) is 1.06. The summed E-state index contributed by atoms with van der Waals surface area (Å²) in [5.74, 6) is -1.39. The average Bonchev–Trinajstić information content (AvgIpc) is 2.26. The first-order valence-electron chi connectivity index (χ1n) is 5.29. The molecule has 0 N–H and O–H groups in total. The Kier molecular flexibility index (Phi) is 3.53. The van der Waals surface area contributed by atoms with E-state index < -0.39 is 21.5 Å². The Morgan fingerprint density at radius 2 is 1.58 bits per heavy atom. The van der Waals surface area contributed by atoms with Crippen LogP contribution in [0.3, 0.4) is 0 Å². The van der Waals surface area contributed by atoms with Crippen LogP contribution in [0.2, 0.25) is 0 Å². The summed E-state index contributed by atoms with van der Waals surface area (Å²) in [5.41, 5.74) is 0. The predicted molar refractivity (Wildman–Crippen MR) is 66.0 cm³/mol. The molecule has 0 aliphatic heterocycles. The van der Waals surface area contributed by atoms with Gasteiger partial charge in [0.1, 0.15) is 23.1 Å². The van der Waals surface area contributed by atoms with Crippen LogP contribution in [0.15, 0.2) is 47.4 Å². The van der Waals surface area contributed by atoms with Crippen molar-refractivity contribution in [3.63, 3.8) is 0 Å². The Balaban J connectivity index is 2.33. The molecule has 0 unspecified atom stereocenters. The highest BCUT2D eigenvalue weighted by atomic mass is 32.2. The van der Waals surface area contributed by atoms with Crippen LogP contribution in [-0.4, -0.2) is 14.7 Å². The van der Waals surface area contributed by atoms with E-state index in [-0.39, 0.29) is 16.4 Å². The molecule has 0 spiro atoms. The molecule has 2 rings (SSSR count). The van der Waals surface area contributed by atoms with Gasteiger partial charge in [-0.25, -0.2) is 17.2 Å². The highest BCUT2D eigenvalue weighted by Crippen LogP contribution is 2.25. The van der Waals surface area contributed by atoms with Crippen LogP contribution in [-0.2, 0) is 9.84 Å². The molecule has 0 radical (unpaired) electrons. The summed E-state index contributed by atoms with van der Waals surface area (Å²) < 4.78 is 53.9. The van der Waals surface area contributed by atoms with Gasteiger partial charge in [-0.05, 0) is 18.2 Å². The van der Waals surface area contributed by atoms with Crippen molar-refractivity contribution >= 4 is 9.84 Å². The fourth-order valence-electron chi connectivity index (χ4n) is 1.49. The molecule has 0 aromatic heterocycles. The Hall–Kier alpha value is -1.95. The maximum absolute atomic E-state index is 13.0. The van der Waals surface area contributed by atoms with Gasteiger partial charge in [-0.1, -0.05) is 6.07 Å². The zero-order chi connectivity index (χ0) is 14.0. The molecule has 0 amide bonds. The van der Waals surface area contributed by atoms with Crippen molar-refractivity contribution in [1.29, 1.82) is 0 Å². The maximum atomic E-state index is 13.0. The molecule has 0 atom stereocenters. The van der Waals surface area contributed by atoms with Gasteiger partial charge in [0.05, 0.1) is 4.90 Å². The molecule has 6 heteroatoms. The third-order valence-corrected chi connectivity index (χ3v) is 3.42. The van der Waals surface area contributed by atoms with Gasteiger partial charge < -0.3 is 4.74 Å². The van der Waals surface area contributed by atoms with E-state index in [2.05, 4.69) is 0 Å². The topological polar surface area (TPSA) is 43.4 Å². The summed E-state index contributed by atoms with van der Waals surface area (Å²) in [4.78, 5) is 0.0712. The molecule has 0 heterocycles. The number of benzene rings is 2. The van der Waals surface area contributed by atoms with Crippen molar-refractivity contribution in [3.8, 4) is 11.5 Å². The van der Waals surface area contributed by atoms with E-state index in [1.54, 1.807) is 0 Å². The summed E-state index contributed by atoms with van der Waals surface area (Å²) in [7, 11) is -3.36. The molecular formula is C13H10F2O3S. The number of ether oxygens (including phenoxy) is 1. The van der Waals surface area contributed by atoms with E-state index in [0.29, 0.717) is 0 Å². The van der Waals surface area contributed by atoms with Crippen molar-refractivity contribution < 1.29 is 21.9 Å². The summed E-state index contributed by atoms with van der Waals surface area (Å²) in [5, 5.41) is 0. The highest BCUT2D eigenvalue weighted by Gasteiger charge is 2.09. The van der Waals surface area contributed by atoms with Crippen LogP contribution in [0.25, 0.3) is 0 Å². The zero-order valence-corrected chi connectivity index (χ0v) is 10.7. The summed E-state index contributed by atoms with van der Waals surface area (Å²) in [6.45, 7) is 0. The molecule has 3 nitrogen and oxygen atoms in total. The second kappa shape index (κ2) is 4.97. The molecule has 0 aliphatic rings.